The minimum absolute atomic E-state index is 0.0243. The van der Waals surface area contributed by atoms with E-state index in [-0.39, 0.29) is 76.5 Å². The molecule has 51 heavy (non-hydrogen) atoms. The zero-order valence-corrected chi connectivity index (χ0v) is 26.1. The zero-order chi connectivity index (χ0) is 51.7. The van der Waals surface area contributed by atoms with Gasteiger partial charge in [0, 0.05) is 21.9 Å². The van der Waals surface area contributed by atoms with E-state index in [1.54, 1.807) is 48.5 Å². The van der Waals surface area contributed by atoms with E-state index < -0.39 is 138 Å². The Labute approximate surface area is 324 Å². The van der Waals surface area contributed by atoms with Gasteiger partial charge in [0.25, 0.3) is 0 Å². The van der Waals surface area contributed by atoms with Gasteiger partial charge in [-0.3, -0.25) is 0 Å². The molecule has 10 aromatic carbocycles. The molecule has 0 unspecified atom stereocenters. The third-order valence-corrected chi connectivity index (χ3v) is 9.27. The molecule has 0 fully saturated rings. The van der Waals surface area contributed by atoms with Crippen LogP contribution in [0.2, 0.25) is 0 Å². The van der Waals surface area contributed by atoms with E-state index in [9.17, 15) is 11.0 Å². The largest absolute Gasteiger partial charge is 0.455 e. The Morgan fingerprint density at radius 3 is 1.63 bits per heavy atom. The first-order valence-electron chi connectivity index (χ1n) is 26.4. The topological polar surface area (TPSA) is 13.1 Å². The van der Waals surface area contributed by atoms with Gasteiger partial charge in [0.1, 0.15) is 11.2 Å². The summed E-state index contributed by atoms with van der Waals surface area (Å²) < 4.78 is 195. The van der Waals surface area contributed by atoms with Crippen molar-refractivity contribution in [2.24, 2.45) is 0 Å². The van der Waals surface area contributed by atoms with Crippen LogP contribution in [-0.2, 0) is 0 Å². The van der Waals surface area contributed by atoms with Crippen molar-refractivity contribution in [3.8, 4) is 33.4 Å². The smallest absolute Gasteiger partial charge is 0.143 e. The van der Waals surface area contributed by atoms with Gasteiger partial charge in [0.05, 0.1) is 28.8 Å². The van der Waals surface area contributed by atoms with E-state index in [2.05, 4.69) is 0 Å². The standard InChI is InChI=1S/C50H30O/c1-2-13-31(14-3-1)32-25-27-36-37-28-26-33(30-46(37)35-16-5-4-15-34(35)45(36)29-32)48-39-18-6-8-20-41(39)49(42-21-9-7-19-40(42)48)44-23-12-22-43-38-17-10-11-24-47(38)51-50(43)44/h1-30H/i1D,2D,3D,4D,5D,10D,11D,12D,13D,14D,15D,16D,17D,22D,23D,24D,25D,26D,28D,29D,30D. The fraction of sp³-hybridized carbons (Fsp3) is 0. The molecular formula is C50H30O. The highest BCUT2D eigenvalue weighted by atomic mass is 16.3. The number of hydrogen-bond acceptors (Lipinski definition) is 1. The van der Waals surface area contributed by atoms with Crippen LogP contribution in [-0.4, -0.2) is 0 Å². The fourth-order valence-electron chi connectivity index (χ4n) is 7.13. The summed E-state index contributed by atoms with van der Waals surface area (Å²) in [6.45, 7) is 0. The maximum atomic E-state index is 10.2. The third kappa shape index (κ3) is 4.16. The summed E-state index contributed by atoms with van der Waals surface area (Å²) in [6, 6.07) is 1.59. The average molecular weight is 668 g/mol. The molecule has 0 atom stereocenters. The molecule has 1 heteroatoms. The number of hydrogen-bond donors (Lipinski definition) is 0. The maximum absolute atomic E-state index is 10.2. The van der Waals surface area contributed by atoms with Crippen molar-refractivity contribution >= 4 is 75.8 Å². The molecule has 1 heterocycles. The van der Waals surface area contributed by atoms with E-state index >= 15 is 0 Å². The Bertz CT molecular complexity index is 4320. The lowest BCUT2D eigenvalue weighted by Crippen LogP contribution is -1.92. The quantitative estimate of drug-likeness (QED) is 0.135. The molecule has 0 saturated carbocycles. The molecule has 0 spiro atoms. The third-order valence-electron chi connectivity index (χ3n) is 9.27. The van der Waals surface area contributed by atoms with Gasteiger partial charge in [-0.15, -0.1) is 0 Å². The average Bonchev–Trinajstić information content (AvgIpc) is 3.77. The highest BCUT2D eigenvalue weighted by Crippen LogP contribution is 2.47. The Kier molecular flexibility index (Phi) is 3.13. The molecular weight excluding hydrogens is 617 g/mol. The van der Waals surface area contributed by atoms with Crippen molar-refractivity contribution in [1.29, 1.82) is 0 Å². The Hall–Kier alpha value is -6.70. The minimum Gasteiger partial charge on any atom is -0.455 e. The van der Waals surface area contributed by atoms with Gasteiger partial charge in [0.15, 0.2) is 0 Å². The first-order chi connectivity index (χ1) is 34.1. The number of rotatable bonds is 3. The number of fused-ring (bicyclic) bond motifs is 11. The molecule has 1 nitrogen and oxygen atoms in total. The number of furan rings is 1. The molecule has 11 aromatic rings. The molecule has 0 bridgehead atoms. The lowest BCUT2D eigenvalue weighted by Gasteiger charge is -2.19. The van der Waals surface area contributed by atoms with Gasteiger partial charge < -0.3 is 4.42 Å². The normalized spacial score (nSPS) is 17.7. The Morgan fingerprint density at radius 2 is 0.902 bits per heavy atom. The summed E-state index contributed by atoms with van der Waals surface area (Å²) in [6.07, 6.45) is 0. The molecule has 0 amide bonds. The molecule has 236 valence electrons. The lowest BCUT2D eigenvalue weighted by molar-refractivity contribution is 0.670. The SMILES string of the molecule is [2H]c1cc2c(c([2H])c1-c1c([2H])c([2H])c([2H])c([2H])c1[2H])c1c([2H])c([2H])c([2H])c([2H])c1c1c([2H])c(-c3c4ccccc4c(-c4c([2H])c([2H])c([2H])c5c4oc4c([2H])c([2H])c([2H])c([2H])c45)c4ccccc34)c([2H])c([2H])c21. The van der Waals surface area contributed by atoms with Crippen LogP contribution >= 0.6 is 0 Å². The van der Waals surface area contributed by atoms with Crippen molar-refractivity contribution < 1.29 is 33.2 Å². The lowest BCUT2D eigenvalue weighted by atomic mass is 9.84. The van der Waals surface area contributed by atoms with Crippen LogP contribution < -0.4 is 0 Å². The van der Waals surface area contributed by atoms with E-state index in [4.69, 9.17) is 22.2 Å². The summed E-state index contributed by atoms with van der Waals surface area (Å²) in [5.74, 6) is 0. The molecule has 0 radical (unpaired) electrons. The molecule has 1 aromatic heterocycles. The Morgan fingerprint density at radius 1 is 0.333 bits per heavy atom. The summed E-state index contributed by atoms with van der Waals surface area (Å²) in [5, 5.41) is -0.373. The molecule has 0 aliphatic rings. The second kappa shape index (κ2) is 10.9. The predicted molar refractivity (Wildman–Crippen MR) is 218 cm³/mol. The van der Waals surface area contributed by atoms with Crippen molar-refractivity contribution in [3.05, 3.63) is 181 Å². The predicted octanol–water partition coefficient (Wildman–Crippen LogP) is 14.4. The summed E-state index contributed by atoms with van der Waals surface area (Å²) in [4.78, 5) is 0. The van der Waals surface area contributed by atoms with Crippen LogP contribution in [0, 0.1) is 0 Å². The van der Waals surface area contributed by atoms with Crippen molar-refractivity contribution in [2.75, 3.05) is 0 Å². The van der Waals surface area contributed by atoms with E-state index in [1.807, 2.05) is 0 Å². The van der Waals surface area contributed by atoms with E-state index in [0.717, 1.165) is 6.07 Å². The Balaban J connectivity index is 1.33. The van der Waals surface area contributed by atoms with E-state index in [0.29, 0.717) is 21.5 Å². The zero-order valence-electron chi connectivity index (χ0n) is 47.1. The highest BCUT2D eigenvalue weighted by molar-refractivity contribution is 6.28. The van der Waals surface area contributed by atoms with Gasteiger partial charge in [-0.25, -0.2) is 0 Å². The highest BCUT2D eigenvalue weighted by Gasteiger charge is 2.21. The van der Waals surface area contributed by atoms with Crippen LogP contribution in [0.3, 0.4) is 0 Å². The van der Waals surface area contributed by atoms with Crippen LogP contribution in [0.15, 0.2) is 186 Å². The second-order valence-corrected chi connectivity index (χ2v) is 11.9. The van der Waals surface area contributed by atoms with Gasteiger partial charge in [-0.05, 0) is 94.2 Å². The van der Waals surface area contributed by atoms with Crippen LogP contribution in [0.1, 0.15) is 28.8 Å². The van der Waals surface area contributed by atoms with Crippen LogP contribution in [0.25, 0.3) is 109 Å². The molecule has 0 aliphatic heterocycles. The van der Waals surface area contributed by atoms with Gasteiger partial charge >= 0.3 is 0 Å². The second-order valence-electron chi connectivity index (χ2n) is 11.9. The first-order valence-corrected chi connectivity index (χ1v) is 15.9. The van der Waals surface area contributed by atoms with Gasteiger partial charge in [-0.1, -0.05) is 163 Å². The summed E-state index contributed by atoms with van der Waals surface area (Å²) in [7, 11) is 0. The molecule has 11 rings (SSSR count). The van der Waals surface area contributed by atoms with Crippen LogP contribution in [0.5, 0.6) is 0 Å². The molecule has 0 aliphatic carbocycles. The van der Waals surface area contributed by atoms with Gasteiger partial charge in [0.2, 0.25) is 0 Å². The monoisotopic (exact) mass is 667 g/mol. The first kappa shape index (κ1) is 14.6. The summed E-state index contributed by atoms with van der Waals surface area (Å²) >= 11 is 0. The molecule has 0 saturated heterocycles. The maximum Gasteiger partial charge on any atom is 0.143 e. The van der Waals surface area contributed by atoms with Crippen molar-refractivity contribution in [2.45, 2.75) is 0 Å². The molecule has 0 N–H and O–H groups in total. The summed E-state index contributed by atoms with van der Waals surface area (Å²) in [5.41, 5.74) is -1.09. The van der Waals surface area contributed by atoms with Crippen molar-refractivity contribution in [1.82, 2.24) is 0 Å². The van der Waals surface area contributed by atoms with Crippen LogP contribution in [0.4, 0.5) is 0 Å². The fourth-order valence-corrected chi connectivity index (χ4v) is 7.13. The number of benzene rings is 10. The van der Waals surface area contributed by atoms with E-state index in [1.165, 1.54) is 0 Å². The van der Waals surface area contributed by atoms with Gasteiger partial charge in [-0.2, -0.15) is 0 Å². The minimum atomic E-state index is -0.742. The van der Waals surface area contributed by atoms with Crippen molar-refractivity contribution in [3.63, 3.8) is 0 Å². The number of para-hydroxylation sites is 2.